The summed E-state index contributed by atoms with van der Waals surface area (Å²) in [4.78, 5) is 11.4. The van der Waals surface area contributed by atoms with Gasteiger partial charge in [-0.05, 0) is 26.7 Å². The van der Waals surface area contributed by atoms with Gasteiger partial charge >= 0.3 is 5.97 Å². The molecule has 0 fully saturated rings. The Morgan fingerprint density at radius 1 is 1.38 bits per heavy atom. The van der Waals surface area contributed by atoms with Crippen molar-refractivity contribution in [2.24, 2.45) is 5.92 Å². The van der Waals surface area contributed by atoms with Crippen LogP contribution in [0.15, 0.2) is 4.90 Å². The lowest BCUT2D eigenvalue weighted by molar-refractivity contribution is -0.140. The predicted octanol–water partition coefficient (Wildman–Crippen LogP) is 1.30. The number of nitrogens with one attached hydrogen (secondary N) is 1. The number of hydrogen-bond donors (Lipinski definition) is 2. The van der Waals surface area contributed by atoms with Gasteiger partial charge in [0, 0.05) is 6.54 Å². The lowest BCUT2D eigenvalue weighted by Crippen LogP contribution is -2.45. The van der Waals surface area contributed by atoms with Crippen molar-refractivity contribution in [3.05, 3.63) is 11.4 Å². The minimum atomic E-state index is -3.92. The van der Waals surface area contributed by atoms with Crippen LogP contribution in [0.3, 0.4) is 0 Å². The van der Waals surface area contributed by atoms with Crippen LogP contribution in [0.5, 0.6) is 0 Å². The van der Waals surface area contributed by atoms with Crippen molar-refractivity contribution in [1.82, 2.24) is 14.5 Å². The summed E-state index contributed by atoms with van der Waals surface area (Å²) in [6.45, 7) is 9.21. The Labute approximate surface area is 125 Å². The Balaban J connectivity index is 3.23. The molecule has 0 saturated heterocycles. The second-order valence-corrected chi connectivity index (χ2v) is 6.79. The molecule has 1 aromatic heterocycles. The van der Waals surface area contributed by atoms with Crippen molar-refractivity contribution in [3.8, 4) is 0 Å². The molecule has 0 aliphatic rings. The molecule has 2 N–H and O–H groups in total. The van der Waals surface area contributed by atoms with E-state index in [4.69, 9.17) is 0 Å². The molecule has 8 heteroatoms. The van der Waals surface area contributed by atoms with Gasteiger partial charge in [0.2, 0.25) is 10.0 Å². The number of aryl methyl sites for hydroxylation is 2. The Kier molecular flexibility index (Phi) is 5.52. The number of carboxylic acids is 1. The van der Waals surface area contributed by atoms with Crippen LogP contribution in [0, 0.1) is 19.8 Å². The van der Waals surface area contributed by atoms with E-state index in [2.05, 4.69) is 9.82 Å². The lowest BCUT2D eigenvalue weighted by Gasteiger charge is -2.20. The van der Waals surface area contributed by atoms with Crippen LogP contribution in [0.25, 0.3) is 0 Å². The molecule has 0 saturated carbocycles. The van der Waals surface area contributed by atoms with E-state index < -0.39 is 22.0 Å². The topological polar surface area (TPSA) is 101 Å². The van der Waals surface area contributed by atoms with Gasteiger partial charge in [-0.25, -0.2) is 8.42 Å². The third-order valence-electron chi connectivity index (χ3n) is 3.64. The Morgan fingerprint density at radius 3 is 2.33 bits per heavy atom. The molecule has 1 aromatic rings. The summed E-state index contributed by atoms with van der Waals surface area (Å²) in [6, 6.07) is -1.15. The summed E-state index contributed by atoms with van der Waals surface area (Å²) in [6.07, 6.45) is 0.561. The summed E-state index contributed by atoms with van der Waals surface area (Å²) in [5.41, 5.74) is 0.880. The third-order valence-corrected chi connectivity index (χ3v) is 5.34. The molecule has 1 rings (SSSR count). The Hall–Kier alpha value is -1.41. The van der Waals surface area contributed by atoms with Gasteiger partial charge in [-0.3, -0.25) is 9.48 Å². The maximum Gasteiger partial charge on any atom is 0.322 e. The normalized spacial score (nSPS) is 14.9. The van der Waals surface area contributed by atoms with E-state index in [1.54, 1.807) is 25.5 Å². The molecule has 0 amide bonds. The Morgan fingerprint density at radius 2 is 1.95 bits per heavy atom. The van der Waals surface area contributed by atoms with E-state index >= 15 is 0 Å². The van der Waals surface area contributed by atoms with Crippen LogP contribution in [0.4, 0.5) is 0 Å². The van der Waals surface area contributed by atoms with Gasteiger partial charge in [0.1, 0.15) is 10.9 Å². The minimum Gasteiger partial charge on any atom is -0.480 e. The zero-order chi connectivity index (χ0) is 16.4. The minimum absolute atomic E-state index is 0.0684. The van der Waals surface area contributed by atoms with Crippen molar-refractivity contribution in [2.75, 3.05) is 0 Å². The van der Waals surface area contributed by atoms with Gasteiger partial charge in [-0.1, -0.05) is 20.3 Å². The standard InChI is InChI=1S/C13H23N3O4S/c1-6-8(3)11(13(17)18)15-21(19,20)12-9(4)14-16(7-2)10(12)5/h8,11,15H,6-7H2,1-5H3,(H,17,18)/t8-,11-/m0/s1. The molecule has 0 aromatic carbocycles. The first-order valence-corrected chi connectivity index (χ1v) is 8.43. The number of nitrogens with zero attached hydrogens (tertiary/aromatic N) is 2. The van der Waals surface area contributed by atoms with Crippen LogP contribution in [-0.4, -0.2) is 35.3 Å². The maximum absolute atomic E-state index is 12.5. The van der Waals surface area contributed by atoms with E-state index in [1.807, 2.05) is 13.8 Å². The summed E-state index contributed by atoms with van der Waals surface area (Å²) in [7, 11) is -3.92. The van der Waals surface area contributed by atoms with E-state index in [-0.39, 0.29) is 10.8 Å². The first-order chi connectivity index (χ1) is 9.65. The molecule has 7 nitrogen and oxygen atoms in total. The second kappa shape index (κ2) is 6.57. The molecule has 0 unspecified atom stereocenters. The fraction of sp³-hybridized carbons (Fsp3) is 0.692. The van der Waals surface area contributed by atoms with Crippen LogP contribution in [-0.2, 0) is 21.4 Å². The smallest absolute Gasteiger partial charge is 0.322 e. The van der Waals surface area contributed by atoms with Crippen LogP contribution in [0.2, 0.25) is 0 Å². The number of hydrogen-bond acceptors (Lipinski definition) is 4. The largest absolute Gasteiger partial charge is 0.480 e. The van der Waals surface area contributed by atoms with Crippen LogP contribution < -0.4 is 4.72 Å². The first-order valence-electron chi connectivity index (χ1n) is 6.94. The van der Waals surface area contributed by atoms with Crippen molar-refractivity contribution in [2.45, 2.75) is 58.5 Å². The predicted molar refractivity (Wildman–Crippen MR) is 78.6 cm³/mol. The van der Waals surface area contributed by atoms with E-state index in [9.17, 15) is 18.3 Å². The quantitative estimate of drug-likeness (QED) is 0.789. The highest BCUT2D eigenvalue weighted by atomic mass is 32.2. The monoisotopic (exact) mass is 317 g/mol. The molecule has 0 aliphatic carbocycles. The molecule has 120 valence electrons. The van der Waals surface area contributed by atoms with Gasteiger partial charge in [0.05, 0.1) is 11.4 Å². The number of sulfonamides is 1. The molecule has 1 heterocycles. The zero-order valence-corrected chi connectivity index (χ0v) is 13.9. The SMILES string of the molecule is CC[C@H](C)[C@H](NS(=O)(=O)c1c(C)nn(CC)c1C)C(=O)O. The summed E-state index contributed by atoms with van der Waals surface area (Å²) in [5.74, 6) is -1.48. The molecule has 2 atom stereocenters. The molecule has 0 aliphatic heterocycles. The van der Waals surface area contributed by atoms with E-state index in [0.29, 0.717) is 24.4 Å². The number of rotatable bonds is 7. The molecule has 0 radical (unpaired) electrons. The second-order valence-electron chi connectivity index (χ2n) is 5.14. The molecular weight excluding hydrogens is 294 g/mol. The van der Waals surface area contributed by atoms with E-state index in [1.165, 1.54) is 0 Å². The highest BCUT2D eigenvalue weighted by Crippen LogP contribution is 2.21. The number of carbonyl (C=O) groups is 1. The Bertz CT molecular complexity index is 622. The molecule has 0 spiro atoms. The number of aromatic nitrogens is 2. The van der Waals surface area contributed by atoms with Crippen molar-refractivity contribution in [1.29, 1.82) is 0 Å². The average molecular weight is 317 g/mol. The first kappa shape index (κ1) is 17.6. The average Bonchev–Trinajstić information content (AvgIpc) is 2.70. The molecular formula is C13H23N3O4S. The lowest BCUT2D eigenvalue weighted by atomic mass is 10.0. The van der Waals surface area contributed by atoms with Crippen LogP contribution in [0.1, 0.15) is 38.6 Å². The van der Waals surface area contributed by atoms with Gasteiger partial charge < -0.3 is 5.11 Å². The summed E-state index contributed by atoms with van der Waals surface area (Å²) in [5, 5.41) is 13.4. The van der Waals surface area contributed by atoms with E-state index in [0.717, 1.165) is 0 Å². The fourth-order valence-corrected chi connectivity index (χ4v) is 3.96. The highest BCUT2D eigenvalue weighted by molar-refractivity contribution is 7.89. The molecule has 21 heavy (non-hydrogen) atoms. The fourth-order valence-electron chi connectivity index (χ4n) is 2.25. The summed E-state index contributed by atoms with van der Waals surface area (Å²) < 4.78 is 28.9. The molecule has 0 bridgehead atoms. The number of carboxylic acid groups (broad SMARTS) is 1. The van der Waals surface area contributed by atoms with Crippen molar-refractivity contribution >= 4 is 16.0 Å². The van der Waals surface area contributed by atoms with Crippen molar-refractivity contribution in [3.63, 3.8) is 0 Å². The van der Waals surface area contributed by atoms with Crippen LogP contribution >= 0.6 is 0 Å². The van der Waals surface area contributed by atoms with Crippen molar-refractivity contribution < 1.29 is 18.3 Å². The number of aliphatic carboxylic acids is 1. The zero-order valence-electron chi connectivity index (χ0n) is 13.0. The maximum atomic E-state index is 12.5. The summed E-state index contributed by atoms with van der Waals surface area (Å²) >= 11 is 0. The van der Waals surface area contributed by atoms with Gasteiger partial charge in [0.15, 0.2) is 0 Å². The highest BCUT2D eigenvalue weighted by Gasteiger charge is 2.32. The van der Waals surface area contributed by atoms with Gasteiger partial charge in [-0.15, -0.1) is 0 Å². The van der Waals surface area contributed by atoms with Gasteiger partial charge in [-0.2, -0.15) is 9.82 Å². The third kappa shape index (κ3) is 3.62. The van der Waals surface area contributed by atoms with Gasteiger partial charge in [0.25, 0.3) is 0 Å².